The molecule has 0 aliphatic carbocycles. The van der Waals surface area contributed by atoms with Crippen molar-refractivity contribution in [3.05, 3.63) is 35.5 Å². The second-order valence-corrected chi connectivity index (χ2v) is 11.1. The average Bonchev–Trinajstić information content (AvgIpc) is 3.52. The van der Waals surface area contributed by atoms with Gasteiger partial charge < -0.3 is 14.4 Å². The zero-order chi connectivity index (χ0) is 24.8. The van der Waals surface area contributed by atoms with Gasteiger partial charge in [0.2, 0.25) is 0 Å². The Morgan fingerprint density at radius 2 is 1.81 bits per heavy atom. The summed E-state index contributed by atoms with van der Waals surface area (Å²) in [6.07, 6.45) is 5.50. The largest absolute Gasteiger partial charge is 0.467 e. The molecule has 3 aliphatic heterocycles. The minimum Gasteiger partial charge on any atom is -0.467 e. The van der Waals surface area contributed by atoms with Crippen LogP contribution in [0, 0.1) is 18.8 Å². The number of anilines is 1. The Hall–Kier alpha value is -2.71. The van der Waals surface area contributed by atoms with Gasteiger partial charge in [-0.25, -0.2) is 4.68 Å². The first-order chi connectivity index (χ1) is 17.5. The Morgan fingerprint density at radius 1 is 1.03 bits per heavy atom. The van der Waals surface area contributed by atoms with Crippen LogP contribution in [0.1, 0.15) is 50.2 Å². The molecule has 3 aromatic rings. The predicted octanol–water partition coefficient (Wildman–Crippen LogP) is 4.19. The van der Waals surface area contributed by atoms with Crippen molar-refractivity contribution in [3.63, 3.8) is 0 Å². The molecule has 0 N–H and O–H groups in total. The summed E-state index contributed by atoms with van der Waals surface area (Å²) in [5.74, 6) is 3.62. The van der Waals surface area contributed by atoms with Gasteiger partial charge in [-0.3, -0.25) is 4.90 Å². The van der Waals surface area contributed by atoms with Gasteiger partial charge in [-0.15, -0.1) is 0 Å². The van der Waals surface area contributed by atoms with Crippen LogP contribution in [0.5, 0.6) is 6.01 Å². The highest BCUT2D eigenvalue weighted by Crippen LogP contribution is 2.35. The van der Waals surface area contributed by atoms with Crippen molar-refractivity contribution < 1.29 is 9.47 Å². The third-order valence-electron chi connectivity index (χ3n) is 8.60. The SMILES string of the molecule is COc1nc(N2CC(C(C)C)C2)cc(-n2ncc3cc(C)c(C4CCN(C5CCOC5)CC4)cc32)n1. The van der Waals surface area contributed by atoms with E-state index in [4.69, 9.17) is 14.6 Å². The normalized spacial score (nSPS) is 22.0. The summed E-state index contributed by atoms with van der Waals surface area (Å²) in [6.45, 7) is 13.0. The van der Waals surface area contributed by atoms with E-state index in [0.29, 0.717) is 29.8 Å². The lowest BCUT2D eigenvalue weighted by Gasteiger charge is -2.42. The van der Waals surface area contributed by atoms with Crippen LogP contribution in [0.15, 0.2) is 24.4 Å². The molecule has 6 rings (SSSR count). The first-order valence-electron chi connectivity index (χ1n) is 13.5. The maximum atomic E-state index is 5.63. The lowest BCUT2D eigenvalue weighted by Crippen LogP contribution is -2.49. The molecule has 0 radical (unpaired) electrons. The maximum absolute atomic E-state index is 5.63. The van der Waals surface area contributed by atoms with Crippen LogP contribution in [0.2, 0.25) is 0 Å². The highest BCUT2D eigenvalue weighted by molar-refractivity contribution is 5.82. The predicted molar refractivity (Wildman–Crippen MR) is 141 cm³/mol. The zero-order valence-electron chi connectivity index (χ0n) is 22.0. The van der Waals surface area contributed by atoms with Gasteiger partial charge in [-0.2, -0.15) is 15.1 Å². The van der Waals surface area contributed by atoms with Gasteiger partial charge in [0.15, 0.2) is 5.82 Å². The van der Waals surface area contributed by atoms with Crippen molar-refractivity contribution in [2.24, 2.45) is 11.8 Å². The maximum Gasteiger partial charge on any atom is 0.320 e. The van der Waals surface area contributed by atoms with E-state index in [0.717, 1.165) is 61.9 Å². The quantitative estimate of drug-likeness (QED) is 0.513. The summed E-state index contributed by atoms with van der Waals surface area (Å²) >= 11 is 0. The molecule has 0 spiro atoms. The molecule has 36 heavy (non-hydrogen) atoms. The lowest BCUT2D eigenvalue weighted by atomic mass is 9.86. The van der Waals surface area contributed by atoms with Crippen LogP contribution < -0.4 is 9.64 Å². The van der Waals surface area contributed by atoms with Gasteiger partial charge in [0, 0.05) is 37.2 Å². The van der Waals surface area contributed by atoms with Crippen molar-refractivity contribution in [1.82, 2.24) is 24.6 Å². The van der Waals surface area contributed by atoms with E-state index in [-0.39, 0.29) is 0 Å². The van der Waals surface area contributed by atoms with E-state index in [2.05, 4.69) is 52.7 Å². The van der Waals surface area contributed by atoms with Gasteiger partial charge in [-0.05, 0) is 80.3 Å². The average molecular weight is 491 g/mol. The fraction of sp³-hybridized carbons (Fsp3) is 0.607. The molecule has 0 bridgehead atoms. The first-order valence-corrected chi connectivity index (χ1v) is 13.5. The molecular formula is C28H38N6O2. The van der Waals surface area contributed by atoms with Crippen LogP contribution >= 0.6 is 0 Å². The van der Waals surface area contributed by atoms with E-state index >= 15 is 0 Å². The van der Waals surface area contributed by atoms with Gasteiger partial charge in [0.05, 0.1) is 25.4 Å². The molecule has 8 heteroatoms. The number of nitrogens with zero attached hydrogens (tertiary/aromatic N) is 6. The van der Waals surface area contributed by atoms with Gasteiger partial charge in [0.1, 0.15) is 5.82 Å². The summed E-state index contributed by atoms with van der Waals surface area (Å²) < 4.78 is 13.1. The van der Waals surface area contributed by atoms with Crippen LogP contribution in [0.3, 0.4) is 0 Å². The van der Waals surface area contributed by atoms with Gasteiger partial charge in [0.25, 0.3) is 0 Å². The summed E-state index contributed by atoms with van der Waals surface area (Å²) in [4.78, 5) is 14.3. The molecular weight excluding hydrogens is 452 g/mol. The second kappa shape index (κ2) is 9.63. The molecule has 0 saturated carbocycles. The number of benzene rings is 1. The number of likely N-dealkylation sites (tertiary alicyclic amines) is 1. The standard InChI is InChI=1S/C28H38N6O2/c1-18(2)22-15-33(16-22)26-13-27(31-28(30-26)35-4)34-25-12-24(19(3)11-21(25)14-29-34)20-5-8-32(9-6-20)23-7-10-36-17-23/h11-14,18,20,22-23H,5-10,15-17H2,1-4H3. The molecule has 3 aliphatic rings. The van der Waals surface area contributed by atoms with Crippen molar-refractivity contribution in [1.29, 1.82) is 0 Å². The number of methoxy groups -OCH3 is 1. The highest BCUT2D eigenvalue weighted by Gasteiger charge is 2.31. The Kier molecular flexibility index (Phi) is 6.33. The van der Waals surface area contributed by atoms with Gasteiger partial charge in [-0.1, -0.05) is 13.8 Å². The summed E-state index contributed by atoms with van der Waals surface area (Å²) in [7, 11) is 1.63. The number of aryl methyl sites for hydroxylation is 1. The van der Waals surface area contributed by atoms with Crippen LogP contribution in [0.25, 0.3) is 16.7 Å². The Labute approximate surface area is 213 Å². The number of aromatic nitrogens is 4. The zero-order valence-corrected chi connectivity index (χ0v) is 22.0. The van der Waals surface area contributed by atoms with E-state index in [9.17, 15) is 0 Å². The van der Waals surface area contributed by atoms with Crippen LogP contribution in [0.4, 0.5) is 5.82 Å². The third kappa shape index (κ3) is 4.34. The fourth-order valence-electron chi connectivity index (χ4n) is 6.10. The first kappa shape index (κ1) is 23.7. The monoisotopic (exact) mass is 490 g/mol. The summed E-state index contributed by atoms with van der Waals surface area (Å²) in [5.41, 5.74) is 3.89. The highest BCUT2D eigenvalue weighted by atomic mass is 16.5. The molecule has 3 fully saturated rings. The van der Waals surface area contributed by atoms with E-state index in [1.165, 1.54) is 30.4 Å². The summed E-state index contributed by atoms with van der Waals surface area (Å²) in [6, 6.07) is 7.68. The Balaban J connectivity index is 1.28. The smallest absolute Gasteiger partial charge is 0.320 e. The number of ether oxygens (including phenoxy) is 2. The summed E-state index contributed by atoms with van der Waals surface area (Å²) in [5, 5.41) is 5.89. The topological polar surface area (TPSA) is 68.5 Å². The molecule has 5 heterocycles. The molecule has 2 aromatic heterocycles. The molecule has 1 unspecified atom stereocenters. The number of fused-ring (bicyclic) bond motifs is 1. The number of piperidine rings is 1. The molecule has 1 aromatic carbocycles. The Bertz CT molecular complexity index is 1220. The van der Waals surface area contributed by atoms with Crippen molar-refractivity contribution in [3.8, 4) is 11.8 Å². The van der Waals surface area contributed by atoms with Crippen molar-refractivity contribution in [2.45, 2.75) is 52.0 Å². The van der Waals surface area contributed by atoms with Crippen LogP contribution in [-0.4, -0.2) is 77.2 Å². The van der Waals surface area contributed by atoms with E-state index < -0.39 is 0 Å². The number of rotatable bonds is 6. The van der Waals surface area contributed by atoms with E-state index in [1.807, 2.05) is 16.9 Å². The van der Waals surface area contributed by atoms with Crippen LogP contribution in [-0.2, 0) is 4.74 Å². The number of hydrogen-bond acceptors (Lipinski definition) is 7. The molecule has 3 saturated heterocycles. The minimum absolute atomic E-state index is 0.384. The molecule has 8 nitrogen and oxygen atoms in total. The van der Waals surface area contributed by atoms with Gasteiger partial charge >= 0.3 is 6.01 Å². The lowest BCUT2D eigenvalue weighted by molar-refractivity contribution is 0.122. The molecule has 1 atom stereocenters. The fourth-order valence-corrected chi connectivity index (χ4v) is 6.10. The third-order valence-corrected chi connectivity index (χ3v) is 8.60. The number of hydrogen-bond donors (Lipinski definition) is 0. The van der Waals surface area contributed by atoms with Crippen molar-refractivity contribution >= 4 is 16.7 Å². The second-order valence-electron chi connectivity index (χ2n) is 11.1. The van der Waals surface area contributed by atoms with E-state index in [1.54, 1.807) is 7.11 Å². The Morgan fingerprint density at radius 3 is 2.50 bits per heavy atom. The molecule has 192 valence electrons. The molecule has 0 amide bonds. The van der Waals surface area contributed by atoms with Crippen molar-refractivity contribution in [2.75, 3.05) is 51.4 Å². The minimum atomic E-state index is 0.384.